The van der Waals surface area contributed by atoms with Gasteiger partial charge in [0.25, 0.3) is 0 Å². The Morgan fingerprint density at radius 2 is 1.76 bits per heavy atom. The van der Waals surface area contributed by atoms with Crippen molar-refractivity contribution in [3.8, 4) is 17.3 Å². The normalized spacial score (nSPS) is 18.0. The lowest BCUT2D eigenvalue weighted by molar-refractivity contribution is -0.116. The molecular formula is C24H28N6O3. The SMILES string of the molecule is COc1ccc(OC)c(C2CC(=O)Nc3c2c(C)nn3-c2ccc(N3CCCCC3)nn2)c1. The average Bonchev–Trinajstić information content (AvgIpc) is 3.19. The Bertz CT molecular complexity index is 1170. The third kappa shape index (κ3) is 3.88. The minimum Gasteiger partial charge on any atom is -0.497 e. The maximum atomic E-state index is 12.8. The third-order valence-electron chi connectivity index (χ3n) is 6.45. The van der Waals surface area contributed by atoms with Crippen LogP contribution in [-0.2, 0) is 4.79 Å². The number of anilines is 2. The van der Waals surface area contributed by atoms with Crippen molar-refractivity contribution < 1.29 is 14.3 Å². The highest BCUT2D eigenvalue weighted by Crippen LogP contribution is 2.44. The fourth-order valence-electron chi connectivity index (χ4n) is 4.81. The van der Waals surface area contributed by atoms with Crippen LogP contribution in [0.2, 0.25) is 0 Å². The molecule has 0 spiro atoms. The summed E-state index contributed by atoms with van der Waals surface area (Å²) in [5.74, 6) is 3.18. The molecule has 1 saturated heterocycles. The first-order valence-electron chi connectivity index (χ1n) is 11.3. The summed E-state index contributed by atoms with van der Waals surface area (Å²) < 4.78 is 12.7. The fourth-order valence-corrected chi connectivity index (χ4v) is 4.81. The number of carbonyl (C=O) groups is 1. The maximum absolute atomic E-state index is 12.8. The van der Waals surface area contributed by atoms with Gasteiger partial charge in [-0.3, -0.25) is 4.79 Å². The Morgan fingerprint density at radius 1 is 1.00 bits per heavy atom. The standard InChI is InChI=1S/C24H28N6O3/c1-15-23-18(17-13-16(32-2)7-8-19(17)33-3)14-22(31)25-24(23)30(28-15)21-10-9-20(26-27-21)29-11-5-4-6-12-29/h7-10,13,18H,4-6,11-12,14H2,1-3H3,(H,25,31). The molecule has 2 aliphatic rings. The number of ether oxygens (including phenoxy) is 2. The summed E-state index contributed by atoms with van der Waals surface area (Å²) >= 11 is 0. The fraction of sp³-hybridized carbons (Fsp3) is 0.417. The number of fused-ring (bicyclic) bond motifs is 1. The molecule has 1 amide bonds. The van der Waals surface area contributed by atoms with E-state index in [0.717, 1.165) is 35.7 Å². The number of benzene rings is 1. The zero-order valence-electron chi connectivity index (χ0n) is 19.2. The van der Waals surface area contributed by atoms with Crippen LogP contribution in [0.3, 0.4) is 0 Å². The molecule has 9 nitrogen and oxygen atoms in total. The molecule has 2 aliphatic heterocycles. The number of hydrogen-bond donors (Lipinski definition) is 1. The second kappa shape index (κ2) is 8.73. The number of aryl methyl sites for hydroxylation is 1. The quantitative estimate of drug-likeness (QED) is 0.639. The minimum absolute atomic E-state index is 0.0866. The van der Waals surface area contributed by atoms with Crippen molar-refractivity contribution in [3.63, 3.8) is 0 Å². The summed E-state index contributed by atoms with van der Waals surface area (Å²) in [7, 11) is 3.25. The highest BCUT2D eigenvalue weighted by atomic mass is 16.5. The Hall–Kier alpha value is -3.62. The van der Waals surface area contributed by atoms with Gasteiger partial charge in [-0.05, 0) is 56.5 Å². The molecule has 0 bridgehead atoms. The minimum atomic E-state index is -0.215. The first-order valence-corrected chi connectivity index (χ1v) is 11.3. The number of rotatable bonds is 5. The van der Waals surface area contributed by atoms with E-state index in [0.29, 0.717) is 29.6 Å². The summed E-state index contributed by atoms with van der Waals surface area (Å²) in [6, 6.07) is 9.53. The summed E-state index contributed by atoms with van der Waals surface area (Å²) in [5, 5.41) is 16.6. The van der Waals surface area contributed by atoms with Gasteiger partial charge in [-0.25, -0.2) is 0 Å². The van der Waals surface area contributed by atoms with Crippen molar-refractivity contribution >= 4 is 17.5 Å². The number of nitrogens with zero attached hydrogens (tertiary/aromatic N) is 5. The molecule has 0 radical (unpaired) electrons. The second-order valence-corrected chi connectivity index (χ2v) is 8.47. The number of amides is 1. The second-order valence-electron chi connectivity index (χ2n) is 8.47. The van der Waals surface area contributed by atoms with Gasteiger partial charge in [-0.15, -0.1) is 10.2 Å². The molecule has 172 valence electrons. The molecule has 1 N–H and O–H groups in total. The number of carbonyl (C=O) groups excluding carboxylic acids is 1. The van der Waals surface area contributed by atoms with Gasteiger partial charge >= 0.3 is 0 Å². The third-order valence-corrected chi connectivity index (χ3v) is 6.45. The van der Waals surface area contributed by atoms with E-state index in [2.05, 4.69) is 20.4 Å². The van der Waals surface area contributed by atoms with E-state index in [1.54, 1.807) is 18.9 Å². The smallest absolute Gasteiger partial charge is 0.226 e. The number of methoxy groups -OCH3 is 2. The summed E-state index contributed by atoms with van der Waals surface area (Å²) in [4.78, 5) is 15.0. The van der Waals surface area contributed by atoms with Gasteiger partial charge in [-0.1, -0.05) is 0 Å². The highest BCUT2D eigenvalue weighted by Gasteiger charge is 2.34. The molecule has 1 unspecified atom stereocenters. The topological polar surface area (TPSA) is 94.4 Å². The van der Waals surface area contributed by atoms with Crippen molar-refractivity contribution in [1.82, 2.24) is 20.0 Å². The number of nitrogens with one attached hydrogen (secondary N) is 1. The van der Waals surface area contributed by atoms with Gasteiger partial charge in [0.1, 0.15) is 17.3 Å². The zero-order valence-corrected chi connectivity index (χ0v) is 19.2. The van der Waals surface area contributed by atoms with Crippen LogP contribution in [0.15, 0.2) is 30.3 Å². The van der Waals surface area contributed by atoms with Crippen LogP contribution < -0.4 is 19.7 Å². The van der Waals surface area contributed by atoms with Crippen LogP contribution in [0.25, 0.3) is 5.82 Å². The van der Waals surface area contributed by atoms with E-state index in [1.807, 2.05) is 37.3 Å². The molecular weight excluding hydrogens is 420 g/mol. The van der Waals surface area contributed by atoms with Crippen LogP contribution in [0, 0.1) is 6.92 Å². The summed E-state index contributed by atoms with van der Waals surface area (Å²) in [6.45, 7) is 3.96. The first-order chi connectivity index (χ1) is 16.1. The van der Waals surface area contributed by atoms with Crippen LogP contribution in [0.5, 0.6) is 11.5 Å². The van der Waals surface area contributed by atoms with Gasteiger partial charge in [0.15, 0.2) is 11.6 Å². The van der Waals surface area contributed by atoms with E-state index in [1.165, 1.54) is 19.3 Å². The molecule has 4 heterocycles. The van der Waals surface area contributed by atoms with E-state index >= 15 is 0 Å². The van der Waals surface area contributed by atoms with Crippen LogP contribution >= 0.6 is 0 Å². The zero-order chi connectivity index (χ0) is 22.9. The Kier molecular flexibility index (Phi) is 5.62. The van der Waals surface area contributed by atoms with Crippen LogP contribution in [-0.4, -0.2) is 53.2 Å². The Morgan fingerprint density at radius 3 is 2.45 bits per heavy atom. The van der Waals surface area contributed by atoms with Gasteiger partial charge < -0.3 is 19.7 Å². The predicted molar refractivity (Wildman–Crippen MR) is 125 cm³/mol. The van der Waals surface area contributed by atoms with Crippen molar-refractivity contribution in [1.29, 1.82) is 0 Å². The molecule has 0 saturated carbocycles. The number of piperidine rings is 1. The molecule has 1 aromatic carbocycles. The Balaban J connectivity index is 1.55. The van der Waals surface area contributed by atoms with E-state index in [-0.39, 0.29) is 11.8 Å². The van der Waals surface area contributed by atoms with E-state index in [4.69, 9.17) is 14.6 Å². The molecule has 1 fully saturated rings. The molecule has 3 aromatic rings. The lowest BCUT2D eigenvalue weighted by Gasteiger charge is -2.27. The number of hydrogen-bond acceptors (Lipinski definition) is 7. The molecule has 2 aromatic heterocycles. The molecule has 1 atom stereocenters. The summed E-state index contributed by atoms with van der Waals surface area (Å²) in [5.41, 5.74) is 2.66. The van der Waals surface area contributed by atoms with Gasteiger partial charge in [-0.2, -0.15) is 9.78 Å². The largest absolute Gasteiger partial charge is 0.497 e. The van der Waals surface area contributed by atoms with Gasteiger partial charge in [0.2, 0.25) is 5.91 Å². The predicted octanol–water partition coefficient (Wildman–Crippen LogP) is 3.45. The van der Waals surface area contributed by atoms with Crippen LogP contribution in [0.1, 0.15) is 48.4 Å². The van der Waals surface area contributed by atoms with Gasteiger partial charge in [0, 0.05) is 36.6 Å². The highest BCUT2D eigenvalue weighted by molar-refractivity contribution is 5.95. The molecule has 9 heteroatoms. The Labute approximate surface area is 192 Å². The van der Waals surface area contributed by atoms with E-state index < -0.39 is 0 Å². The first kappa shape index (κ1) is 21.2. The lowest BCUT2D eigenvalue weighted by atomic mass is 9.85. The van der Waals surface area contributed by atoms with Crippen molar-refractivity contribution in [2.45, 2.75) is 38.5 Å². The monoisotopic (exact) mass is 448 g/mol. The van der Waals surface area contributed by atoms with Crippen molar-refractivity contribution in [2.75, 3.05) is 37.5 Å². The lowest BCUT2D eigenvalue weighted by Crippen LogP contribution is -2.30. The molecule has 33 heavy (non-hydrogen) atoms. The van der Waals surface area contributed by atoms with Crippen LogP contribution in [0.4, 0.5) is 11.6 Å². The maximum Gasteiger partial charge on any atom is 0.226 e. The number of aromatic nitrogens is 4. The molecule has 5 rings (SSSR count). The van der Waals surface area contributed by atoms with Crippen molar-refractivity contribution in [2.24, 2.45) is 0 Å². The van der Waals surface area contributed by atoms with Gasteiger partial charge in [0.05, 0.1) is 19.9 Å². The van der Waals surface area contributed by atoms with Crippen molar-refractivity contribution in [3.05, 3.63) is 47.2 Å². The summed E-state index contributed by atoms with van der Waals surface area (Å²) in [6.07, 6.45) is 3.91. The average molecular weight is 449 g/mol. The molecule has 0 aliphatic carbocycles. The van der Waals surface area contributed by atoms with E-state index in [9.17, 15) is 4.79 Å².